The number of carbonyl (C=O) groups is 1. The fourth-order valence-electron chi connectivity index (χ4n) is 5.29. The van der Waals surface area contributed by atoms with E-state index in [-0.39, 0.29) is 35.4 Å². The third-order valence-electron chi connectivity index (χ3n) is 6.30. The van der Waals surface area contributed by atoms with Gasteiger partial charge in [0.25, 0.3) is 0 Å². The molecule has 0 aromatic carbocycles. The average molecular weight is 266 g/mol. The number of ether oxygens (including phenoxy) is 2. The van der Waals surface area contributed by atoms with E-state index in [1.807, 2.05) is 13.8 Å². The molecule has 2 aliphatic carbocycles. The lowest BCUT2D eigenvalue weighted by molar-refractivity contribution is -0.152. The topological polar surface area (TPSA) is 62.4 Å². The Kier molecular flexibility index (Phi) is 1.99. The standard InChI is InChI=1S/C15H22O4/c1-7-5-6-8-15(19-8)12(16)10-9(18-10)11(13(2,3)17)14(7,15)4/h7-11,17H,5-6H2,1-4H3/t7-,8-,9-,10-,11-,14-,15+/m0/s1. The second-order valence-corrected chi connectivity index (χ2v) is 7.62. The van der Waals surface area contributed by atoms with Crippen LogP contribution in [0, 0.1) is 17.3 Å². The second-order valence-electron chi connectivity index (χ2n) is 7.62. The van der Waals surface area contributed by atoms with Gasteiger partial charge in [-0.1, -0.05) is 13.8 Å². The molecular formula is C15H22O4. The SMILES string of the molecule is C[C@H]1CC[C@@H]2O[C@@]23C(=O)[C@H]2O[C@@H]2[C@@H](C(C)(C)O)[C@]13C. The summed E-state index contributed by atoms with van der Waals surface area (Å²) < 4.78 is 11.6. The first-order valence-electron chi connectivity index (χ1n) is 7.34. The summed E-state index contributed by atoms with van der Waals surface area (Å²) in [5.74, 6) is 0.455. The summed E-state index contributed by atoms with van der Waals surface area (Å²) in [6.07, 6.45) is 1.61. The molecule has 0 bridgehead atoms. The molecule has 106 valence electrons. The van der Waals surface area contributed by atoms with E-state index in [0.29, 0.717) is 5.92 Å². The van der Waals surface area contributed by atoms with Gasteiger partial charge >= 0.3 is 0 Å². The quantitative estimate of drug-likeness (QED) is 0.727. The number of Topliss-reactive ketones (excluding diaryl/α,β-unsaturated/α-hetero) is 1. The first-order chi connectivity index (χ1) is 8.74. The Morgan fingerprint density at radius 3 is 2.68 bits per heavy atom. The number of epoxide rings is 2. The Morgan fingerprint density at radius 2 is 2.05 bits per heavy atom. The van der Waals surface area contributed by atoms with Crippen LogP contribution in [-0.4, -0.2) is 40.4 Å². The third kappa shape index (κ3) is 1.16. The van der Waals surface area contributed by atoms with Crippen molar-refractivity contribution >= 4 is 5.78 Å². The van der Waals surface area contributed by atoms with E-state index in [1.54, 1.807) is 0 Å². The Bertz CT molecular complexity index is 467. The zero-order valence-electron chi connectivity index (χ0n) is 12.0. The summed E-state index contributed by atoms with van der Waals surface area (Å²) in [7, 11) is 0. The lowest BCUT2D eigenvalue weighted by Crippen LogP contribution is -2.65. The van der Waals surface area contributed by atoms with Crippen LogP contribution in [0.4, 0.5) is 0 Å². The van der Waals surface area contributed by atoms with E-state index in [1.165, 1.54) is 0 Å². The van der Waals surface area contributed by atoms with Gasteiger partial charge in [-0.2, -0.15) is 0 Å². The van der Waals surface area contributed by atoms with Crippen molar-refractivity contribution in [2.24, 2.45) is 17.3 Å². The van der Waals surface area contributed by atoms with Crippen LogP contribution in [0.15, 0.2) is 0 Å². The van der Waals surface area contributed by atoms with E-state index >= 15 is 0 Å². The molecule has 4 nitrogen and oxygen atoms in total. The molecule has 2 saturated heterocycles. The van der Waals surface area contributed by atoms with Crippen molar-refractivity contribution in [1.82, 2.24) is 0 Å². The van der Waals surface area contributed by atoms with Crippen molar-refractivity contribution in [2.45, 2.75) is 70.1 Å². The van der Waals surface area contributed by atoms with Gasteiger partial charge in [0.1, 0.15) is 6.10 Å². The number of aliphatic hydroxyl groups is 1. The highest BCUT2D eigenvalue weighted by Crippen LogP contribution is 2.71. The Hall–Kier alpha value is -0.450. The van der Waals surface area contributed by atoms with Crippen LogP contribution in [0.25, 0.3) is 0 Å². The third-order valence-corrected chi connectivity index (χ3v) is 6.30. The molecule has 0 aromatic heterocycles. The number of hydrogen-bond acceptors (Lipinski definition) is 4. The summed E-state index contributed by atoms with van der Waals surface area (Å²) in [5.41, 5.74) is -1.85. The first kappa shape index (κ1) is 12.3. The van der Waals surface area contributed by atoms with E-state index in [0.717, 1.165) is 12.8 Å². The van der Waals surface area contributed by atoms with Crippen LogP contribution in [-0.2, 0) is 14.3 Å². The summed E-state index contributed by atoms with van der Waals surface area (Å²) in [6.45, 7) is 8.00. The predicted octanol–water partition coefficient (Wildman–Crippen LogP) is 1.30. The smallest absolute Gasteiger partial charge is 0.199 e. The van der Waals surface area contributed by atoms with E-state index in [4.69, 9.17) is 9.47 Å². The molecule has 2 aliphatic heterocycles. The van der Waals surface area contributed by atoms with Gasteiger partial charge in [0.2, 0.25) is 0 Å². The summed E-state index contributed by atoms with van der Waals surface area (Å²) in [6, 6.07) is 0. The number of carbonyl (C=O) groups excluding carboxylic acids is 1. The maximum Gasteiger partial charge on any atom is 0.199 e. The van der Waals surface area contributed by atoms with Crippen molar-refractivity contribution in [3.63, 3.8) is 0 Å². The fourth-order valence-corrected chi connectivity index (χ4v) is 5.29. The van der Waals surface area contributed by atoms with Crippen molar-refractivity contribution in [1.29, 1.82) is 0 Å². The normalized spacial score (nSPS) is 59.0. The van der Waals surface area contributed by atoms with Crippen LogP contribution in [0.2, 0.25) is 0 Å². The molecule has 0 radical (unpaired) electrons. The van der Waals surface area contributed by atoms with Gasteiger partial charge in [-0.15, -0.1) is 0 Å². The largest absolute Gasteiger partial charge is 0.390 e. The fraction of sp³-hybridized carbons (Fsp3) is 0.933. The van der Waals surface area contributed by atoms with Crippen molar-refractivity contribution in [2.75, 3.05) is 0 Å². The zero-order chi connectivity index (χ0) is 13.8. The van der Waals surface area contributed by atoms with Crippen LogP contribution in [0.3, 0.4) is 0 Å². The number of rotatable bonds is 1. The number of hydrogen-bond donors (Lipinski definition) is 1. The average Bonchev–Trinajstić information content (AvgIpc) is 3.14. The van der Waals surface area contributed by atoms with Crippen LogP contribution >= 0.6 is 0 Å². The van der Waals surface area contributed by atoms with E-state index < -0.39 is 11.2 Å². The van der Waals surface area contributed by atoms with Crippen LogP contribution in [0.5, 0.6) is 0 Å². The summed E-state index contributed by atoms with van der Waals surface area (Å²) in [5, 5.41) is 10.6. The van der Waals surface area contributed by atoms with Gasteiger partial charge in [0.15, 0.2) is 11.4 Å². The second kappa shape index (κ2) is 3.07. The first-order valence-corrected chi connectivity index (χ1v) is 7.34. The zero-order valence-corrected chi connectivity index (χ0v) is 12.0. The molecule has 1 spiro atoms. The Labute approximate surface area is 113 Å². The molecule has 4 rings (SSSR count). The molecule has 0 amide bonds. The molecule has 0 unspecified atom stereocenters. The predicted molar refractivity (Wildman–Crippen MR) is 67.6 cm³/mol. The van der Waals surface area contributed by atoms with Crippen LogP contribution < -0.4 is 0 Å². The Morgan fingerprint density at radius 1 is 1.37 bits per heavy atom. The van der Waals surface area contributed by atoms with Gasteiger partial charge in [-0.25, -0.2) is 0 Å². The highest BCUT2D eigenvalue weighted by Gasteiger charge is 2.85. The molecule has 2 heterocycles. The molecular weight excluding hydrogens is 244 g/mol. The van der Waals surface area contributed by atoms with Gasteiger partial charge in [-0.3, -0.25) is 4.79 Å². The van der Waals surface area contributed by atoms with Crippen molar-refractivity contribution < 1.29 is 19.4 Å². The van der Waals surface area contributed by atoms with Crippen molar-refractivity contribution in [3.8, 4) is 0 Å². The maximum absolute atomic E-state index is 12.7. The summed E-state index contributed by atoms with van der Waals surface area (Å²) >= 11 is 0. The minimum absolute atomic E-state index is 0.0389. The van der Waals surface area contributed by atoms with Gasteiger partial charge in [0.05, 0.1) is 17.8 Å². The maximum atomic E-state index is 12.7. The molecule has 1 N–H and O–H groups in total. The minimum Gasteiger partial charge on any atom is -0.390 e. The highest BCUT2D eigenvalue weighted by molar-refractivity contribution is 5.99. The number of ketones is 1. The highest BCUT2D eigenvalue weighted by atomic mass is 16.6. The number of fused-ring (bicyclic) bond motifs is 1. The molecule has 2 saturated carbocycles. The minimum atomic E-state index is -0.857. The lowest BCUT2D eigenvalue weighted by atomic mass is 9.48. The Balaban J connectivity index is 1.88. The van der Waals surface area contributed by atoms with Gasteiger partial charge in [0, 0.05) is 11.3 Å². The van der Waals surface area contributed by atoms with Crippen molar-refractivity contribution in [3.05, 3.63) is 0 Å². The lowest BCUT2D eigenvalue weighted by Gasteiger charge is -2.53. The summed E-state index contributed by atoms with van der Waals surface area (Å²) in [4.78, 5) is 12.7. The molecule has 7 atom stereocenters. The van der Waals surface area contributed by atoms with Gasteiger partial charge in [-0.05, 0) is 32.6 Å². The molecule has 0 aromatic rings. The van der Waals surface area contributed by atoms with Crippen LogP contribution in [0.1, 0.15) is 40.5 Å². The molecule has 4 heteroatoms. The van der Waals surface area contributed by atoms with E-state index in [2.05, 4.69) is 13.8 Å². The molecule has 4 fully saturated rings. The monoisotopic (exact) mass is 266 g/mol. The van der Waals surface area contributed by atoms with E-state index in [9.17, 15) is 9.90 Å². The molecule has 4 aliphatic rings. The molecule has 19 heavy (non-hydrogen) atoms. The van der Waals surface area contributed by atoms with Gasteiger partial charge < -0.3 is 14.6 Å².